The number of rotatable bonds is 4. The van der Waals surface area contributed by atoms with Crippen LogP contribution in [0.4, 0.5) is 5.69 Å². The van der Waals surface area contributed by atoms with E-state index in [0.717, 1.165) is 24.9 Å². The Labute approximate surface area is 120 Å². The number of nitrogens with zero attached hydrogens (tertiary/aromatic N) is 1. The van der Waals surface area contributed by atoms with E-state index >= 15 is 0 Å². The van der Waals surface area contributed by atoms with Gasteiger partial charge in [0.25, 0.3) is 0 Å². The minimum Gasteiger partial charge on any atom is -0.370 e. The van der Waals surface area contributed by atoms with E-state index in [1.54, 1.807) is 0 Å². The van der Waals surface area contributed by atoms with Crippen LogP contribution in [0.15, 0.2) is 35.3 Å². The number of hydrogen-bond donors (Lipinski definition) is 2. The third-order valence-electron chi connectivity index (χ3n) is 3.54. The fraction of sp³-hybridized carbons (Fsp3) is 0.500. The molecule has 5 nitrogen and oxygen atoms in total. The second kappa shape index (κ2) is 6.74. The van der Waals surface area contributed by atoms with E-state index in [1.807, 2.05) is 30.3 Å². The lowest BCUT2D eigenvalue weighted by Gasteiger charge is -2.20. The smallest absolute Gasteiger partial charge is 0.193 e. The summed E-state index contributed by atoms with van der Waals surface area (Å²) in [4.78, 5) is 4.28. The second-order valence-electron chi connectivity index (χ2n) is 5.14. The summed E-state index contributed by atoms with van der Waals surface area (Å²) >= 11 is 0. The molecular weight excluding hydrogens is 274 g/mol. The summed E-state index contributed by atoms with van der Waals surface area (Å²) < 4.78 is 22.6. The molecule has 0 amide bonds. The van der Waals surface area contributed by atoms with Gasteiger partial charge in [-0.1, -0.05) is 18.2 Å². The van der Waals surface area contributed by atoms with Gasteiger partial charge >= 0.3 is 0 Å². The highest BCUT2D eigenvalue weighted by Gasteiger charge is 2.22. The van der Waals surface area contributed by atoms with Gasteiger partial charge in [0.1, 0.15) is 9.84 Å². The molecule has 0 saturated carbocycles. The highest BCUT2D eigenvalue weighted by atomic mass is 32.2. The van der Waals surface area contributed by atoms with Gasteiger partial charge in [-0.25, -0.2) is 8.42 Å². The van der Waals surface area contributed by atoms with Gasteiger partial charge in [0.05, 0.1) is 11.5 Å². The fourth-order valence-corrected chi connectivity index (χ4v) is 3.89. The van der Waals surface area contributed by atoms with Crippen LogP contribution in [0.3, 0.4) is 0 Å². The monoisotopic (exact) mass is 295 g/mol. The number of benzene rings is 1. The zero-order valence-electron chi connectivity index (χ0n) is 11.5. The van der Waals surface area contributed by atoms with Crippen molar-refractivity contribution < 1.29 is 8.42 Å². The van der Waals surface area contributed by atoms with E-state index in [2.05, 4.69) is 10.3 Å². The predicted molar refractivity (Wildman–Crippen MR) is 82.5 cm³/mol. The number of nitrogens with one attached hydrogen (secondary N) is 1. The number of sulfone groups is 1. The van der Waals surface area contributed by atoms with Crippen molar-refractivity contribution in [1.82, 2.24) is 0 Å². The number of anilines is 1. The van der Waals surface area contributed by atoms with Gasteiger partial charge in [0, 0.05) is 12.2 Å². The summed E-state index contributed by atoms with van der Waals surface area (Å²) in [6.45, 7) is 0.635. The van der Waals surface area contributed by atoms with Gasteiger partial charge < -0.3 is 11.1 Å². The minimum absolute atomic E-state index is 0.319. The molecule has 0 unspecified atom stereocenters. The Morgan fingerprint density at radius 3 is 2.55 bits per heavy atom. The molecular formula is C14H21N3O2S. The van der Waals surface area contributed by atoms with Crippen LogP contribution in [0.25, 0.3) is 0 Å². The number of hydrogen-bond acceptors (Lipinski definition) is 3. The van der Waals surface area contributed by atoms with Crippen molar-refractivity contribution in [3.8, 4) is 0 Å². The van der Waals surface area contributed by atoms with Gasteiger partial charge in [-0.2, -0.15) is 0 Å². The van der Waals surface area contributed by atoms with Crippen molar-refractivity contribution in [1.29, 1.82) is 0 Å². The van der Waals surface area contributed by atoms with Crippen LogP contribution in [-0.4, -0.2) is 32.4 Å². The van der Waals surface area contributed by atoms with Gasteiger partial charge in [-0.05, 0) is 37.3 Å². The third kappa shape index (κ3) is 4.85. The van der Waals surface area contributed by atoms with Gasteiger partial charge in [-0.15, -0.1) is 0 Å². The zero-order valence-corrected chi connectivity index (χ0v) is 12.3. The van der Waals surface area contributed by atoms with Gasteiger partial charge in [0.15, 0.2) is 5.96 Å². The molecule has 1 saturated heterocycles. The highest BCUT2D eigenvalue weighted by Crippen LogP contribution is 2.21. The number of guanidine groups is 1. The Kier molecular flexibility index (Phi) is 5.00. The van der Waals surface area contributed by atoms with E-state index in [1.165, 1.54) is 0 Å². The first-order chi connectivity index (χ1) is 9.55. The summed E-state index contributed by atoms with van der Waals surface area (Å²) in [5.41, 5.74) is 6.72. The van der Waals surface area contributed by atoms with Crippen molar-refractivity contribution in [2.24, 2.45) is 16.6 Å². The van der Waals surface area contributed by atoms with Crippen molar-refractivity contribution in [2.45, 2.75) is 19.3 Å². The maximum Gasteiger partial charge on any atom is 0.193 e. The Balaban J connectivity index is 1.73. The van der Waals surface area contributed by atoms with Crippen LogP contribution in [0.2, 0.25) is 0 Å². The van der Waals surface area contributed by atoms with Crippen LogP contribution in [0.1, 0.15) is 19.3 Å². The summed E-state index contributed by atoms with van der Waals surface area (Å²) in [5.74, 6) is 1.49. The molecule has 2 rings (SSSR count). The molecule has 0 bridgehead atoms. The molecule has 1 aliphatic heterocycles. The van der Waals surface area contributed by atoms with Crippen molar-refractivity contribution in [2.75, 3.05) is 23.4 Å². The molecule has 0 spiro atoms. The molecule has 1 aromatic rings. The first-order valence-electron chi connectivity index (χ1n) is 6.87. The van der Waals surface area contributed by atoms with Gasteiger partial charge in [0.2, 0.25) is 0 Å². The van der Waals surface area contributed by atoms with Crippen LogP contribution >= 0.6 is 0 Å². The average Bonchev–Trinajstić information content (AvgIpc) is 2.42. The van der Waals surface area contributed by atoms with Crippen LogP contribution < -0.4 is 11.1 Å². The molecule has 110 valence electrons. The summed E-state index contributed by atoms with van der Waals surface area (Å²) in [6, 6.07) is 9.65. The molecule has 0 aliphatic carbocycles. The summed E-state index contributed by atoms with van der Waals surface area (Å²) in [5, 5.41) is 3.02. The molecule has 1 aromatic carbocycles. The van der Waals surface area contributed by atoms with Crippen LogP contribution in [-0.2, 0) is 9.84 Å². The van der Waals surface area contributed by atoms with Gasteiger partial charge in [-0.3, -0.25) is 4.99 Å². The van der Waals surface area contributed by atoms with E-state index < -0.39 is 9.84 Å². The molecule has 0 atom stereocenters. The van der Waals surface area contributed by atoms with Crippen LogP contribution in [0, 0.1) is 5.92 Å². The normalized spacial score (nSPS) is 19.7. The molecule has 3 N–H and O–H groups in total. The summed E-state index contributed by atoms with van der Waals surface area (Å²) in [6.07, 6.45) is 2.40. The number of para-hydroxylation sites is 1. The highest BCUT2D eigenvalue weighted by molar-refractivity contribution is 7.91. The predicted octanol–water partition coefficient (Wildman–Crippen LogP) is 1.63. The van der Waals surface area contributed by atoms with E-state index in [9.17, 15) is 8.42 Å². The SMILES string of the molecule is NC(=NCCC1CCS(=O)(=O)CC1)Nc1ccccc1. The largest absolute Gasteiger partial charge is 0.370 e. The maximum absolute atomic E-state index is 11.3. The topological polar surface area (TPSA) is 84.5 Å². The first-order valence-corrected chi connectivity index (χ1v) is 8.70. The van der Waals surface area contributed by atoms with E-state index in [0.29, 0.717) is 29.9 Å². The molecule has 1 aliphatic rings. The Morgan fingerprint density at radius 2 is 1.90 bits per heavy atom. The average molecular weight is 295 g/mol. The molecule has 6 heteroatoms. The molecule has 1 fully saturated rings. The van der Waals surface area contributed by atoms with Crippen molar-refractivity contribution in [3.05, 3.63) is 30.3 Å². The summed E-state index contributed by atoms with van der Waals surface area (Å²) in [7, 11) is -2.77. The Morgan fingerprint density at radius 1 is 1.25 bits per heavy atom. The lowest BCUT2D eigenvalue weighted by Crippen LogP contribution is -2.25. The zero-order chi connectivity index (χ0) is 14.4. The standard InChI is InChI=1S/C14H21N3O2S/c15-14(17-13-4-2-1-3-5-13)16-9-6-12-7-10-20(18,19)11-8-12/h1-5,12H,6-11H2,(H3,15,16,17). The lowest BCUT2D eigenvalue weighted by molar-refractivity contribution is 0.441. The third-order valence-corrected chi connectivity index (χ3v) is 5.26. The molecule has 0 radical (unpaired) electrons. The van der Waals surface area contributed by atoms with Crippen LogP contribution in [0.5, 0.6) is 0 Å². The molecule has 1 heterocycles. The maximum atomic E-state index is 11.3. The van der Waals surface area contributed by atoms with Crippen molar-refractivity contribution in [3.63, 3.8) is 0 Å². The lowest BCUT2D eigenvalue weighted by atomic mass is 9.99. The Hall–Kier alpha value is -1.56. The second-order valence-corrected chi connectivity index (χ2v) is 7.45. The Bertz CT molecular complexity index is 541. The quantitative estimate of drug-likeness (QED) is 0.653. The fourth-order valence-electron chi connectivity index (χ4n) is 2.30. The molecule has 0 aromatic heterocycles. The minimum atomic E-state index is -2.77. The van der Waals surface area contributed by atoms with Crippen molar-refractivity contribution >= 4 is 21.5 Å². The van der Waals surface area contributed by atoms with E-state index in [4.69, 9.17) is 5.73 Å². The van der Waals surface area contributed by atoms with E-state index in [-0.39, 0.29) is 0 Å². The number of aliphatic imine (C=N–C) groups is 1. The number of nitrogens with two attached hydrogens (primary N) is 1. The first kappa shape index (κ1) is 14.8. The molecule has 20 heavy (non-hydrogen) atoms.